The molecule has 8 nitrogen and oxygen atoms in total. The summed E-state index contributed by atoms with van der Waals surface area (Å²) in [6, 6.07) is 13.2. The SMILES string of the molecule is CNC(=O)CCc1ccc(NC(=S)NC(=O)/C=C/c2ccc([N+](=O)[O-])cc2)cc1. The summed E-state index contributed by atoms with van der Waals surface area (Å²) in [5.41, 5.74) is 2.35. The third-order valence-corrected chi connectivity index (χ3v) is 4.10. The molecule has 29 heavy (non-hydrogen) atoms. The summed E-state index contributed by atoms with van der Waals surface area (Å²) in [6.45, 7) is 0. The number of hydrogen-bond donors (Lipinski definition) is 3. The lowest BCUT2D eigenvalue weighted by molar-refractivity contribution is -0.384. The van der Waals surface area contributed by atoms with Crippen LogP contribution in [0, 0.1) is 10.1 Å². The lowest BCUT2D eigenvalue weighted by Gasteiger charge is -2.09. The van der Waals surface area contributed by atoms with Gasteiger partial charge >= 0.3 is 0 Å². The first-order chi connectivity index (χ1) is 13.9. The molecule has 0 fully saturated rings. The van der Waals surface area contributed by atoms with Crippen LogP contribution >= 0.6 is 12.2 Å². The number of non-ortho nitro benzene ring substituents is 1. The molecular weight excluding hydrogens is 392 g/mol. The van der Waals surface area contributed by atoms with Crippen molar-refractivity contribution in [3.8, 4) is 0 Å². The summed E-state index contributed by atoms with van der Waals surface area (Å²) in [5.74, 6) is -0.444. The minimum atomic E-state index is -0.487. The fourth-order valence-corrected chi connectivity index (χ4v) is 2.55. The molecule has 0 saturated heterocycles. The number of nitrogens with zero attached hydrogens (tertiary/aromatic N) is 1. The molecule has 0 unspecified atom stereocenters. The number of carbonyl (C=O) groups excluding carboxylic acids is 2. The Morgan fingerprint density at radius 2 is 1.76 bits per heavy atom. The van der Waals surface area contributed by atoms with Crippen LogP contribution in [0.2, 0.25) is 0 Å². The molecule has 0 bridgehead atoms. The monoisotopic (exact) mass is 412 g/mol. The van der Waals surface area contributed by atoms with E-state index in [9.17, 15) is 19.7 Å². The first kappa shape index (κ1) is 21.7. The average molecular weight is 412 g/mol. The van der Waals surface area contributed by atoms with Gasteiger partial charge in [0.05, 0.1) is 4.92 Å². The van der Waals surface area contributed by atoms with Crippen LogP contribution in [0.3, 0.4) is 0 Å². The van der Waals surface area contributed by atoms with Gasteiger partial charge in [0.25, 0.3) is 5.69 Å². The molecule has 0 spiro atoms. The normalized spacial score (nSPS) is 10.4. The Morgan fingerprint density at radius 3 is 2.34 bits per heavy atom. The number of anilines is 1. The van der Waals surface area contributed by atoms with E-state index in [2.05, 4.69) is 16.0 Å². The number of hydrogen-bond acceptors (Lipinski definition) is 5. The van der Waals surface area contributed by atoms with Gasteiger partial charge in [0.1, 0.15) is 0 Å². The Hall–Kier alpha value is -3.59. The molecule has 0 aliphatic heterocycles. The Bertz CT molecular complexity index is 925. The van der Waals surface area contributed by atoms with Gasteiger partial charge in [0.15, 0.2) is 5.11 Å². The first-order valence-electron chi connectivity index (χ1n) is 8.71. The number of nitro groups is 1. The molecule has 3 N–H and O–H groups in total. The lowest BCUT2D eigenvalue weighted by Crippen LogP contribution is -2.32. The second-order valence-corrected chi connectivity index (χ2v) is 6.40. The molecule has 2 aromatic rings. The Morgan fingerprint density at radius 1 is 1.10 bits per heavy atom. The van der Waals surface area contributed by atoms with Gasteiger partial charge in [0.2, 0.25) is 11.8 Å². The highest BCUT2D eigenvalue weighted by atomic mass is 32.1. The van der Waals surface area contributed by atoms with E-state index in [1.54, 1.807) is 19.2 Å². The van der Waals surface area contributed by atoms with E-state index in [4.69, 9.17) is 12.2 Å². The van der Waals surface area contributed by atoms with E-state index >= 15 is 0 Å². The fourth-order valence-electron chi connectivity index (χ4n) is 2.33. The quantitative estimate of drug-likeness (QED) is 0.279. The zero-order chi connectivity index (χ0) is 21.2. The summed E-state index contributed by atoms with van der Waals surface area (Å²) >= 11 is 5.12. The number of carbonyl (C=O) groups is 2. The maximum Gasteiger partial charge on any atom is 0.269 e. The van der Waals surface area contributed by atoms with Crippen molar-refractivity contribution >= 4 is 46.6 Å². The maximum atomic E-state index is 12.0. The highest BCUT2D eigenvalue weighted by Gasteiger charge is 2.05. The van der Waals surface area contributed by atoms with Gasteiger partial charge in [0, 0.05) is 37.4 Å². The zero-order valence-corrected chi connectivity index (χ0v) is 16.5. The highest BCUT2D eigenvalue weighted by Crippen LogP contribution is 2.13. The van der Waals surface area contributed by atoms with Crippen molar-refractivity contribution < 1.29 is 14.5 Å². The predicted octanol–water partition coefficient (Wildman–Crippen LogP) is 2.80. The molecule has 0 radical (unpaired) electrons. The molecular formula is C20H20N4O4S. The average Bonchev–Trinajstić information content (AvgIpc) is 2.71. The van der Waals surface area contributed by atoms with E-state index in [0.29, 0.717) is 24.1 Å². The number of benzene rings is 2. The van der Waals surface area contributed by atoms with Gasteiger partial charge < -0.3 is 10.6 Å². The largest absolute Gasteiger partial charge is 0.359 e. The highest BCUT2D eigenvalue weighted by molar-refractivity contribution is 7.80. The van der Waals surface area contributed by atoms with Crippen LogP contribution in [0.15, 0.2) is 54.6 Å². The van der Waals surface area contributed by atoms with Gasteiger partial charge in [-0.15, -0.1) is 0 Å². The molecule has 0 heterocycles. The van der Waals surface area contributed by atoms with Gasteiger partial charge in [-0.25, -0.2) is 0 Å². The number of nitrogens with one attached hydrogen (secondary N) is 3. The van der Waals surface area contributed by atoms with Gasteiger partial charge in [-0.05, 0) is 60.1 Å². The maximum absolute atomic E-state index is 12.0. The van der Waals surface area contributed by atoms with E-state index in [1.165, 1.54) is 24.3 Å². The van der Waals surface area contributed by atoms with Crippen molar-refractivity contribution in [3.05, 3.63) is 75.8 Å². The Balaban J connectivity index is 1.82. The van der Waals surface area contributed by atoms with Crippen LogP contribution in [0.5, 0.6) is 0 Å². The zero-order valence-electron chi connectivity index (χ0n) is 15.7. The Kier molecular flexibility index (Phi) is 7.99. The standard InChI is InChI=1S/C20H20N4O4S/c1-21-18(25)12-6-14-2-8-16(9-3-14)22-20(29)23-19(26)13-7-15-4-10-17(11-5-15)24(27)28/h2-5,7-11,13H,6,12H2,1H3,(H,21,25)(H2,22,23,26,29)/b13-7+. The summed E-state index contributed by atoms with van der Waals surface area (Å²) in [5, 5.41) is 18.8. The van der Waals surface area contributed by atoms with Crippen LogP contribution in [0.4, 0.5) is 11.4 Å². The third kappa shape index (κ3) is 7.51. The van der Waals surface area contributed by atoms with Crippen molar-refractivity contribution in [2.75, 3.05) is 12.4 Å². The van der Waals surface area contributed by atoms with Gasteiger partial charge in [-0.2, -0.15) is 0 Å². The van der Waals surface area contributed by atoms with Crippen molar-refractivity contribution in [2.45, 2.75) is 12.8 Å². The number of amides is 2. The van der Waals surface area contributed by atoms with Crippen LogP contribution in [0.25, 0.3) is 6.08 Å². The topological polar surface area (TPSA) is 113 Å². The molecule has 0 aliphatic carbocycles. The second-order valence-electron chi connectivity index (χ2n) is 6.00. The summed E-state index contributed by atoms with van der Waals surface area (Å²) in [6.07, 6.45) is 3.87. The molecule has 2 amide bonds. The van der Waals surface area contributed by atoms with E-state index in [1.807, 2.05) is 24.3 Å². The van der Waals surface area contributed by atoms with Crippen LogP contribution in [0.1, 0.15) is 17.5 Å². The third-order valence-electron chi connectivity index (χ3n) is 3.90. The van der Waals surface area contributed by atoms with Crippen LogP contribution in [-0.2, 0) is 16.0 Å². The van der Waals surface area contributed by atoms with E-state index < -0.39 is 10.8 Å². The molecule has 0 aromatic heterocycles. The number of aryl methyl sites for hydroxylation is 1. The van der Waals surface area contributed by atoms with E-state index in [-0.39, 0.29) is 16.7 Å². The predicted molar refractivity (Wildman–Crippen MR) is 115 cm³/mol. The van der Waals surface area contributed by atoms with Crippen molar-refractivity contribution in [2.24, 2.45) is 0 Å². The summed E-state index contributed by atoms with van der Waals surface area (Å²) in [4.78, 5) is 33.4. The minimum absolute atomic E-state index is 0.0159. The first-order valence-corrected chi connectivity index (χ1v) is 9.12. The molecule has 150 valence electrons. The molecule has 9 heteroatoms. The molecule has 0 aliphatic rings. The van der Waals surface area contributed by atoms with Gasteiger partial charge in [-0.1, -0.05) is 12.1 Å². The Labute approximate surface area is 173 Å². The number of rotatable bonds is 7. The molecule has 0 saturated carbocycles. The van der Waals surface area contributed by atoms with E-state index in [0.717, 1.165) is 5.56 Å². The smallest absolute Gasteiger partial charge is 0.269 e. The summed E-state index contributed by atoms with van der Waals surface area (Å²) in [7, 11) is 1.60. The van der Waals surface area contributed by atoms with Crippen molar-refractivity contribution in [3.63, 3.8) is 0 Å². The van der Waals surface area contributed by atoms with Crippen molar-refractivity contribution in [1.29, 1.82) is 0 Å². The van der Waals surface area contributed by atoms with Crippen LogP contribution < -0.4 is 16.0 Å². The molecule has 0 atom stereocenters. The lowest BCUT2D eigenvalue weighted by atomic mass is 10.1. The van der Waals surface area contributed by atoms with Crippen LogP contribution in [-0.4, -0.2) is 28.9 Å². The number of thiocarbonyl (C=S) groups is 1. The molecule has 2 aromatic carbocycles. The molecule has 2 rings (SSSR count). The van der Waals surface area contributed by atoms with Crippen molar-refractivity contribution in [1.82, 2.24) is 10.6 Å². The second kappa shape index (κ2) is 10.7. The number of nitro benzene ring substituents is 1. The summed E-state index contributed by atoms with van der Waals surface area (Å²) < 4.78 is 0. The minimum Gasteiger partial charge on any atom is -0.359 e. The van der Waals surface area contributed by atoms with Gasteiger partial charge in [-0.3, -0.25) is 25.0 Å². The fraction of sp³-hybridized carbons (Fsp3) is 0.150.